The van der Waals surface area contributed by atoms with Gasteiger partial charge in [-0.3, -0.25) is 0 Å². The predicted octanol–water partition coefficient (Wildman–Crippen LogP) is 2.49. The van der Waals surface area contributed by atoms with Crippen molar-refractivity contribution in [2.75, 3.05) is 13.1 Å². The summed E-state index contributed by atoms with van der Waals surface area (Å²) in [7, 11) is 0. The molecular weight excluding hydrogens is 230 g/mol. The van der Waals surface area contributed by atoms with E-state index in [1.165, 1.54) is 24.4 Å². The van der Waals surface area contributed by atoms with E-state index in [1.807, 2.05) is 0 Å². The topological polar surface area (TPSA) is 37.0 Å². The lowest BCUT2D eigenvalue weighted by Crippen LogP contribution is -2.47. The Labute approximate surface area is 108 Å². The maximum Gasteiger partial charge on any atom is 0.110 e. The summed E-state index contributed by atoms with van der Waals surface area (Å²) in [6.07, 6.45) is 2.67. The molecule has 0 bridgehead atoms. The first-order valence-corrected chi connectivity index (χ1v) is 7.43. The summed E-state index contributed by atoms with van der Waals surface area (Å²) in [5.41, 5.74) is 1.13. The molecule has 17 heavy (non-hydrogen) atoms. The van der Waals surface area contributed by atoms with E-state index in [9.17, 15) is 0 Å². The van der Waals surface area contributed by atoms with Crippen molar-refractivity contribution in [3.63, 3.8) is 0 Å². The first-order chi connectivity index (χ1) is 8.16. The van der Waals surface area contributed by atoms with Gasteiger partial charge in [-0.1, -0.05) is 6.92 Å². The van der Waals surface area contributed by atoms with E-state index < -0.39 is 0 Å². The van der Waals surface area contributed by atoms with Gasteiger partial charge in [-0.05, 0) is 39.2 Å². The Balaban J connectivity index is 1.81. The molecule has 1 aromatic rings. The molecule has 3 atom stereocenters. The molecule has 1 aliphatic heterocycles. The van der Waals surface area contributed by atoms with Crippen LogP contribution in [0.1, 0.15) is 43.4 Å². The highest BCUT2D eigenvalue weighted by Gasteiger charge is 2.21. The molecule has 0 radical (unpaired) electrons. The zero-order chi connectivity index (χ0) is 12.3. The average molecular weight is 253 g/mol. The highest BCUT2D eigenvalue weighted by atomic mass is 32.1. The molecule has 0 amide bonds. The van der Waals surface area contributed by atoms with Crippen molar-refractivity contribution in [1.29, 1.82) is 0 Å². The van der Waals surface area contributed by atoms with E-state index in [0.717, 1.165) is 18.2 Å². The molecular formula is C13H23N3S. The number of hydrogen-bond donors (Lipinski definition) is 2. The summed E-state index contributed by atoms with van der Waals surface area (Å²) < 4.78 is 0. The van der Waals surface area contributed by atoms with Crippen LogP contribution in [0.2, 0.25) is 0 Å². The minimum atomic E-state index is 0.365. The summed E-state index contributed by atoms with van der Waals surface area (Å²) in [4.78, 5) is 4.53. The van der Waals surface area contributed by atoms with Crippen LogP contribution in [-0.4, -0.2) is 24.1 Å². The van der Waals surface area contributed by atoms with Gasteiger partial charge < -0.3 is 10.6 Å². The van der Waals surface area contributed by atoms with Gasteiger partial charge in [0.15, 0.2) is 0 Å². The molecule has 0 spiro atoms. The molecule has 1 aliphatic rings. The fourth-order valence-electron chi connectivity index (χ4n) is 2.35. The van der Waals surface area contributed by atoms with Crippen LogP contribution in [-0.2, 0) is 0 Å². The molecule has 96 valence electrons. The summed E-state index contributed by atoms with van der Waals surface area (Å²) in [6.45, 7) is 8.81. The standard InChI is InChI=1S/C13H23N3S/c1-9-5-4-6-14-12(9)7-15-11(3)13-16-10(2)8-17-13/h8-9,11-12,14-15H,4-7H2,1-3H3. The Hall–Kier alpha value is -0.450. The van der Waals surface area contributed by atoms with Crippen LogP contribution in [0.15, 0.2) is 5.38 Å². The normalized spacial score (nSPS) is 27.0. The largest absolute Gasteiger partial charge is 0.312 e. The summed E-state index contributed by atoms with van der Waals surface area (Å²) in [5, 5.41) is 10.5. The van der Waals surface area contributed by atoms with Crippen LogP contribution < -0.4 is 10.6 Å². The van der Waals surface area contributed by atoms with Gasteiger partial charge in [-0.2, -0.15) is 0 Å². The van der Waals surface area contributed by atoms with Gasteiger partial charge in [0.05, 0.1) is 6.04 Å². The lowest BCUT2D eigenvalue weighted by molar-refractivity contribution is 0.284. The second kappa shape index (κ2) is 5.94. The van der Waals surface area contributed by atoms with Crippen molar-refractivity contribution in [1.82, 2.24) is 15.6 Å². The average Bonchev–Trinajstić information content (AvgIpc) is 2.74. The van der Waals surface area contributed by atoms with Gasteiger partial charge in [0.25, 0.3) is 0 Å². The van der Waals surface area contributed by atoms with Gasteiger partial charge >= 0.3 is 0 Å². The van der Waals surface area contributed by atoms with Crippen molar-refractivity contribution in [2.24, 2.45) is 5.92 Å². The number of aromatic nitrogens is 1. The summed E-state index contributed by atoms with van der Waals surface area (Å²) in [5.74, 6) is 0.779. The number of hydrogen-bond acceptors (Lipinski definition) is 4. The Morgan fingerprint density at radius 3 is 3.12 bits per heavy atom. The van der Waals surface area contributed by atoms with E-state index in [-0.39, 0.29) is 0 Å². The monoisotopic (exact) mass is 253 g/mol. The molecule has 1 fully saturated rings. The van der Waals surface area contributed by atoms with Crippen molar-refractivity contribution < 1.29 is 0 Å². The maximum absolute atomic E-state index is 4.53. The van der Waals surface area contributed by atoms with Crippen LogP contribution in [0.25, 0.3) is 0 Å². The number of thiazole rings is 1. The minimum Gasteiger partial charge on any atom is -0.312 e. The second-order valence-corrected chi connectivity index (χ2v) is 6.03. The predicted molar refractivity (Wildman–Crippen MR) is 73.5 cm³/mol. The Morgan fingerprint density at radius 2 is 2.47 bits per heavy atom. The SMILES string of the molecule is Cc1csc(C(C)NCC2NCCCC2C)n1. The third kappa shape index (κ3) is 3.50. The van der Waals surface area contributed by atoms with Crippen LogP contribution in [0.4, 0.5) is 0 Å². The molecule has 3 unspecified atom stereocenters. The number of aryl methyl sites for hydroxylation is 1. The molecule has 2 N–H and O–H groups in total. The number of nitrogens with one attached hydrogen (secondary N) is 2. The number of piperidine rings is 1. The van der Waals surface area contributed by atoms with Gasteiger partial charge in [0, 0.05) is 23.7 Å². The summed E-state index contributed by atoms with van der Waals surface area (Å²) >= 11 is 1.75. The Bertz CT molecular complexity index is 350. The van der Waals surface area contributed by atoms with Crippen LogP contribution in [0.5, 0.6) is 0 Å². The van der Waals surface area contributed by atoms with Gasteiger partial charge in [-0.25, -0.2) is 4.98 Å². The first kappa shape index (κ1) is 13.0. The van der Waals surface area contributed by atoms with Crippen molar-refractivity contribution in [3.8, 4) is 0 Å². The third-order valence-corrected chi connectivity index (χ3v) is 4.73. The molecule has 2 rings (SSSR count). The van der Waals surface area contributed by atoms with Gasteiger partial charge in [0.1, 0.15) is 5.01 Å². The molecule has 1 saturated heterocycles. The first-order valence-electron chi connectivity index (χ1n) is 6.55. The lowest BCUT2D eigenvalue weighted by atomic mass is 9.92. The van der Waals surface area contributed by atoms with Crippen molar-refractivity contribution in [3.05, 3.63) is 16.1 Å². The zero-order valence-corrected chi connectivity index (χ0v) is 11.8. The Kier molecular flexibility index (Phi) is 4.54. The number of rotatable bonds is 4. The van der Waals surface area contributed by atoms with Gasteiger partial charge in [0.2, 0.25) is 0 Å². The summed E-state index contributed by atoms with van der Waals surface area (Å²) in [6, 6.07) is 0.983. The lowest BCUT2D eigenvalue weighted by Gasteiger charge is -2.31. The molecule has 0 aliphatic carbocycles. The molecule has 3 nitrogen and oxygen atoms in total. The zero-order valence-electron chi connectivity index (χ0n) is 11.0. The van der Waals surface area contributed by atoms with Crippen molar-refractivity contribution >= 4 is 11.3 Å². The van der Waals surface area contributed by atoms with Crippen LogP contribution in [0, 0.1) is 12.8 Å². The molecule has 1 aromatic heterocycles. The van der Waals surface area contributed by atoms with E-state index in [1.54, 1.807) is 11.3 Å². The Morgan fingerprint density at radius 1 is 1.65 bits per heavy atom. The van der Waals surface area contributed by atoms with Gasteiger partial charge in [-0.15, -0.1) is 11.3 Å². The maximum atomic E-state index is 4.53. The van der Waals surface area contributed by atoms with E-state index in [4.69, 9.17) is 0 Å². The van der Waals surface area contributed by atoms with Crippen LogP contribution >= 0.6 is 11.3 Å². The molecule has 2 heterocycles. The third-order valence-electron chi connectivity index (χ3n) is 3.58. The van der Waals surface area contributed by atoms with E-state index >= 15 is 0 Å². The van der Waals surface area contributed by atoms with E-state index in [0.29, 0.717) is 12.1 Å². The highest BCUT2D eigenvalue weighted by molar-refractivity contribution is 7.09. The molecule has 0 saturated carbocycles. The molecule has 0 aromatic carbocycles. The smallest absolute Gasteiger partial charge is 0.110 e. The quantitative estimate of drug-likeness (QED) is 0.865. The second-order valence-electron chi connectivity index (χ2n) is 5.14. The highest BCUT2D eigenvalue weighted by Crippen LogP contribution is 2.19. The number of nitrogens with zero attached hydrogens (tertiary/aromatic N) is 1. The van der Waals surface area contributed by atoms with E-state index in [2.05, 4.69) is 41.8 Å². The fourth-order valence-corrected chi connectivity index (χ4v) is 3.18. The minimum absolute atomic E-state index is 0.365. The molecule has 4 heteroatoms. The fraction of sp³-hybridized carbons (Fsp3) is 0.769. The van der Waals surface area contributed by atoms with Crippen LogP contribution in [0.3, 0.4) is 0 Å². The van der Waals surface area contributed by atoms with Crippen molar-refractivity contribution in [2.45, 2.75) is 45.7 Å².